The smallest absolute Gasteiger partial charge is 0.258 e. The Labute approximate surface area is 174 Å². The van der Waals surface area contributed by atoms with Crippen LogP contribution in [0, 0.1) is 0 Å². The zero-order chi connectivity index (χ0) is 20.1. The van der Waals surface area contributed by atoms with Gasteiger partial charge in [0.1, 0.15) is 0 Å². The van der Waals surface area contributed by atoms with E-state index in [1.807, 2.05) is 29.2 Å². The first-order valence-electron chi connectivity index (χ1n) is 8.92. The number of para-hydroxylation sites is 2. The van der Waals surface area contributed by atoms with Crippen molar-refractivity contribution in [3.8, 4) is 0 Å². The van der Waals surface area contributed by atoms with Crippen LogP contribution in [-0.4, -0.2) is 48.0 Å². The van der Waals surface area contributed by atoms with E-state index < -0.39 is 0 Å². The highest BCUT2D eigenvalue weighted by atomic mass is 35.5. The Morgan fingerprint density at radius 3 is 2.32 bits per heavy atom. The Kier molecular flexibility index (Phi) is 6.49. The second kappa shape index (κ2) is 9.03. The third-order valence-electron chi connectivity index (χ3n) is 4.56. The number of piperazine rings is 1. The molecule has 0 saturated carbocycles. The van der Waals surface area contributed by atoms with Crippen molar-refractivity contribution >= 4 is 52.1 Å². The minimum atomic E-state index is -0.365. The van der Waals surface area contributed by atoms with Gasteiger partial charge in [0.25, 0.3) is 5.91 Å². The van der Waals surface area contributed by atoms with E-state index in [-0.39, 0.29) is 16.9 Å². The monoisotopic (exact) mass is 416 g/mol. The lowest BCUT2D eigenvalue weighted by atomic mass is 10.2. The number of halogens is 1. The first-order chi connectivity index (χ1) is 13.5. The molecule has 0 spiro atoms. The van der Waals surface area contributed by atoms with Crippen LogP contribution in [0.4, 0.5) is 11.4 Å². The van der Waals surface area contributed by atoms with Crippen LogP contribution in [0.15, 0.2) is 48.5 Å². The highest BCUT2D eigenvalue weighted by Gasteiger charge is 2.21. The summed E-state index contributed by atoms with van der Waals surface area (Å²) in [6.07, 6.45) is 0. The molecular formula is C20H21ClN4O2S. The van der Waals surface area contributed by atoms with Gasteiger partial charge in [-0.25, -0.2) is 0 Å². The number of thiocarbonyl (C=S) groups is 1. The molecule has 1 fully saturated rings. The fourth-order valence-corrected chi connectivity index (χ4v) is 3.51. The third-order valence-corrected chi connectivity index (χ3v) is 5.10. The molecule has 2 aromatic rings. The number of benzene rings is 2. The summed E-state index contributed by atoms with van der Waals surface area (Å²) < 4.78 is 0. The molecule has 1 aliphatic heterocycles. The molecule has 2 aromatic carbocycles. The van der Waals surface area contributed by atoms with E-state index in [4.69, 9.17) is 23.8 Å². The van der Waals surface area contributed by atoms with Crippen molar-refractivity contribution in [2.75, 3.05) is 36.4 Å². The molecule has 1 aliphatic rings. The van der Waals surface area contributed by atoms with Gasteiger partial charge in [-0.1, -0.05) is 35.9 Å². The van der Waals surface area contributed by atoms with Crippen LogP contribution < -0.4 is 15.5 Å². The Morgan fingerprint density at radius 1 is 1.00 bits per heavy atom. The SMILES string of the molecule is CC(=O)N1CCN(c2ccccc2NC(=S)NC(=O)c2ccccc2Cl)CC1. The van der Waals surface area contributed by atoms with Crippen LogP contribution in [0.5, 0.6) is 0 Å². The van der Waals surface area contributed by atoms with Gasteiger partial charge in [0, 0.05) is 33.1 Å². The van der Waals surface area contributed by atoms with Crippen molar-refractivity contribution in [1.29, 1.82) is 0 Å². The van der Waals surface area contributed by atoms with E-state index >= 15 is 0 Å². The van der Waals surface area contributed by atoms with Gasteiger partial charge >= 0.3 is 0 Å². The van der Waals surface area contributed by atoms with Crippen LogP contribution in [0.25, 0.3) is 0 Å². The molecule has 0 radical (unpaired) electrons. The number of carbonyl (C=O) groups excluding carboxylic acids is 2. The van der Waals surface area contributed by atoms with Gasteiger partial charge < -0.3 is 15.1 Å². The number of amides is 2. The summed E-state index contributed by atoms with van der Waals surface area (Å²) in [4.78, 5) is 27.9. The standard InChI is InChI=1S/C20H21ClN4O2S/c1-14(26)24-10-12-25(13-11-24)18-9-5-4-8-17(18)22-20(28)23-19(27)15-6-2-3-7-16(15)21/h2-9H,10-13H2,1H3,(H2,22,23,27,28). The van der Waals surface area contributed by atoms with Crippen molar-refractivity contribution in [2.45, 2.75) is 6.92 Å². The maximum absolute atomic E-state index is 12.4. The Morgan fingerprint density at radius 2 is 1.64 bits per heavy atom. The first-order valence-corrected chi connectivity index (χ1v) is 9.70. The summed E-state index contributed by atoms with van der Waals surface area (Å²) in [6.45, 7) is 4.41. The third kappa shape index (κ3) is 4.79. The molecule has 1 saturated heterocycles. The molecule has 0 atom stereocenters. The molecule has 0 aromatic heterocycles. The largest absolute Gasteiger partial charge is 0.366 e. The Bertz CT molecular complexity index is 897. The van der Waals surface area contributed by atoms with E-state index in [2.05, 4.69) is 15.5 Å². The van der Waals surface area contributed by atoms with E-state index in [1.54, 1.807) is 31.2 Å². The minimum Gasteiger partial charge on any atom is -0.366 e. The van der Waals surface area contributed by atoms with Crippen molar-refractivity contribution < 1.29 is 9.59 Å². The van der Waals surface area contributed by atoms with Crippen molar-refractivity contribution in [3.05, 3.63) is 59.1 Å². The molecule has 0 unspecified atom stereocenters. The molecule has 2 amide bonds. The normalized spacial score (nSPS) is 13.8. The predicted molar refractivity (Wildman–Crippen MR) is 116 cm³/mol. The Balaban J connectivity index is 1.66. The maximum atomic E-state index is 12.4. The summed E-state index contributed by atoms with van der Waals surface area (Å²) in [5, 5.41) is 6.32. The fourth-order valence-electron chi connectivity index (χ4n) is 3.09. The first kappa shape index (κ1) is 20.1. The lowest BCUT2D eigenvalue weighted by Gasteiger charge is -2.36. The summed E-state index contributed by atoms with van der Waals surface area (Å²) in [6, 6.07) is 14.5. The molecule has 6 nitrogen and oxygen atoms in total. The molecule has 2 N–H and O–H groups in total. The van der Waals surface area contributed by atoms with E-state index in [0.717, 1.165) is 24.5 Å². The van der Waals surface area contributed by atoms with Crippen molar-refractivity contribution in [2.24, 2.45) is 0 Å². The van der Waals surface area contributed by atoms with Gasteiger partial charge in [0.05, 0.1) is 22.0 Å². The zero-order valence-electron chi connectivity index (χ0n) is 15.4. The highest BCUT2D eigenvalue weighted by Crippen LogP contribution is 2.26. The zero-order valence-corrected chi connectivity index (χ0v) is 17.0. The Hall–Kier alpha value is -2.64. The summed E-state index contributed by atoms with van der Waals surface area (Å²) >= 11 is 11.4. The topological polar surface area (TPSA) is 64.7 Å². The van der Waals surface area contributed by atoms with Gasteiger partial charge in [-0.15, -0.1) is 0 Å². The number of rotatable bonds is 3. The van der Waals surface area contributed by atoms with Gasteiger partial charge in [-0.2, -0.15) is 0 Å². The van der Waals surface area contributed by atoms with Gasteiger partial charge in [0.15, 0.2) is 5.11 Å². The van der Waals surface area contributed by atoms with Crippen molar-refractivity contribution in [3.63, 3.8) is 0 Å². The lowest BCUT2D eigenvalue weighted by Crippen LogP contribution is -2.48. The number of hydrogen-bond donors (Lipinski definition) is 2. The number of nitrogens with zero attached hydrogens (tertiary/aromatic N) is 2. The summed E-state index contributed by atoms with van der Waals surface area (Å²) in [7, 11) is 0. The highest BCUT2D eigenvalue weighted by molar-refractivity contribution is 7.80. The molecule has 28 heavy (non-hydrogen) atoms. The van der Waals surface area contributed by atoms with Gasteiger partial charge in [-0.05, 0) is 36.5 Å². The summed E-state index contributed by atoms with van der Waals surface area (Å²) in [5.74, 6) is -0.273. The molecular weight excluding hydrogens is 396 g/mol. The van der Waals surface area contributed by atoms with E-state index in [0.29, 0.717) is 23.7 Å². The second-order valence-corrected chi connectivity index (χ2v) is 7.21. The van der Waals surface area contributed by atoms with E-state index in [1.165, 1.54) is 0 Å². The van der Waals surface area contributed by atoms with Gasteiger partial charge in [0.2, 0.25) is 5.91 Å². The minimum absolute atomic E-state index is 0.0922. The second-order valence-electron chi connectivity index (χ2n) is 6.40. The molecule has 1 heterocycles. The maximum Gasteiger partial charge on any atom is 0.258 e. The molecule has 3 rings (SSSR count). The van der Waals surface area contributed by atoms with Crippen LogP contribution in [0.3, 0.4) is 0 Å². The molecule has 8 heteroatoms. The van der Waals surface area contributed by atoms with E-state index in [9.17, 15) is 9.59 Å². The molecule has 146 valence electrons. The fraction of sp³-hybridized carbons (Fsp3) is 0.250. The average molecular weight is 417 g/mol. The van der Waals surface area contributed by atoms with Crippen LogP contribution in [0.1, 0.15) is 17.3 Å². The van der Waals surface area contributed by atoms with Crippen molar-refractivity contribution in [1.82, 2.24) is 10.2 Å². The average Bonchev–Trinajstić information content (AvgIpc) is 2.68. The quantitative estimate of drug-likeness (QED) is 0.752. The van der Waals surface area contributed by atoms with Crippen LogP contribution in [-0.2, 0) is 4.79 Å². The molecule has 0 bridgehead atoms. The number of hydrogen-bond acceptors (Lipinski definition) is 4. The van der Waals surface area contributed by atoms with Crippen LogP contribution in [0.2, 0.25) is 5.02 Å². The predicted octanol–water partition coefficient (Wildman–Crippen LogP) is 3.14. The molecule has 0 aliphatic carbocycles. The van der Waals surface area contributed by atoms with Gasteiger partial charge in [-0.3, -0.25) is 14.9 Å². The lowest BCUT2D eigenvalue weighted by molar-refractivity contribution is -0.129. The number of nitrogens with one attached hydrogen (secondary N) is 2. The number of anilines is 2. The van der Waals surface area contributed by atoms with Crippen LogP contribution >= 0.6 is 23.8 Å². The summed E-state index contributed by atoms with van der Waals surface area (Å²) in [5.41, 5.74) is 2.13. The number of carbonyl (C=O) groups is 2.